The lowest BCUT2D eigenvalue weighted by Gasteiger charge is -2.25. The normalized spacial score (nSPS) is 14.0. The molecule has 3 rings (SSSR count). The molecule has 0 aromatic carbocycles. The fraction of sp³-hybridized carbons (Fsp3) is 0.364. The minimum absolute atomic E-state index is 0.0632. The largest absolute Gasteiger partial charge is 0.448 e. The molecule has 0 fully saturated rings. The lowest BCUT2D eigenvalue weighted by atomic mass is 10.4. The zero-order chi connectivity index (χ0) is 15.0. The van der Waals surface area contributed by atoms with E-state index in [4.69, 9.17) is 4.74 Å². The highest BCUT2D eigenvalue weighted by Gasteiger charge is 2.30. The van der Waals surface area contributed by atoms with Gasteiger partial charge in [-0.1, -0.05) is 42.8 Å². The highest BCUT2D eigenvalue weighted by molar-refractivity contribution is 8.06. The summed E-state index contributed by atoms with van der Waals surface area (Å²) in [6, 6.07) is 0. The first-order valence-corrected chi connectivity index (χ1v) is 11.2. The summed E-state index contributed by atoms with van der Waals surface area (Å²) in [5.74, 6) is 0. The number of fused-ring (bicyclic) bond motifs is 2. The van der Waals surface area contributed by atoms with E-state index >= 15 is 0 Å². The molecule has 0 atom stereocenters. The van der Waals surface area contributed by atoms with E-state index < -0.39 is 6.09 Å². The highest BCUT2D eigenvalue weighted by atomic mass is 32.9. The maximum absolute atomic E-state index is 12.1. The molecule has 0 spiro atoms. The average Bonchev–Trinajstić information content (AvgIpc) is 3.02. The number of hydrogen-bond acceptors (Lipinski definition) is 9. The van der Waals surface area contributed by atoms with Crippen LogP contribution in [0, 0.1) is 0 Å². The number of ether oxygens (including phenoxy) is 1. The van der Waals surface area contributed by atoms with E-state index in [9.17, 15) is 9.59 Å². The molecule has 2 aromatic rings. The monoisotopic (exact) mass is 378 g/mol. The van der Waals surface area contributed by atoms with Crippen LogP contribution in [0.4, 0.5) is 16.2 Å². The molecule has 2 aromatic heterocycles. The Balaban J connectivity index is 2.13. The predicted octanol–water partition coefficient (Wildman–Crippen LogP) is 3.97. The van der Waals surface area contributed by atoms with Gasteiger partial charge in [0.15, 0.2) is 4.67 Å². The number of nitrogens with zero attached hydrogens (tertiary/aromatic N) is 2. The van der Waals surface area contributed by atoms with Crippen LogP contribution in [0.25, 0.3) is 0 Å². The summed E-state index contributed by atoms with van der Waals surface area (Å²) in [4.78, 5) is 29.6. The molecule has 0 N–H and O–H groups in total. The number of carbonyl (C=O) groups excluding carboxylic acids is 1. The van der Waals surface area contributed by atoms with Gasteiger partial charge in [-0.15, -0.1) is 0 Å². The number of rotatable bonds is 2. The SMILES string of the molecule is CCOC(=O)/N=c1\ssc2c1N(CC)c1c(ssc1=O)S2. The van der Waals surface area contributed by atoms with Crippen molar-refractivity contribution >= 4 is 70.6 Å². The van der Waals surface area contributed by atoms with Crippen molar-refractivity contribution < 1.29 is 9.53 Å². The summed E-state index contributed by atoms with van der Waals surface area (Å²) >= 11 is 1.59. The van der Waals surface area contributed by atoms with Crippen LogP contribution in [0.2, 0.25) is 0 Å². The second kappa shape index (κ2) is 6.21. The molecule has 0 saturated carbocycles. The van der Waals surface area contributed by atoms with Crippen molar-refractivity contribution in [2.24, 2.45) is 4.99 Å². The van der Waals surface area contributed by atoms with Crippen molar-refractivity contribution in [1.29, 1.82) is 0 Å². The van der Waals surface area contributed by atoms with Gasteiger partial charge in [0.25, 0.3) is 4.74 Å². The standard InChI is InChI=1S/C11H10N2O3S5/c1-3-13-5-7(12-11(15)16-4-2)18-20-9(5)17-10-6(13)8(14)19-21-10/h3-4H2,1-2H3/b12-7-. The summed E-state index contributed by atoms with van der Waals surface area (Å²) < 4.78 is 7.65. The summed E-state index contributed by atoms with van der Waals surface area (Å²) in [6.07, 6.45) is -0.586. The van der Waals surface area contributed by atoms with Crippen LogP contribution in [0.3, 0.4) is 0 Å². The molecule has 0 bridgehead atoms. The van der Waals surface area contributed by atoms with Gasteiger partial charge in [0, 0.05) is 6.54 Å². The van der Waals surface area contributed by atoms with Gasteiger partial charge in [-0.25, -0.2) is 4.79 Å². The molecule has 21 heavy (non-hydrogen) atoms. The first-order chi connectivity index (χ1) is 10.2. The number of carbonyl (C=O) groups is 1. The Morgan fingerprint density at radius 2 is 1.86 bits per heavy atom. The first-order valence-electron chi connectivity index (χ1n) is 6.08. The fourth-order valence-electron chi connectivity index (χ4n) is 1.88. The fourth-order valence-corrected chi connectivity index (χ4v) is 8.61. The molecular weight excluding hydrogens is 368 g/mol. The lowest BCUT2D eigenvalue weighted by Crippen LogP contribution is -2.27. The summed E-state index contributed by atoms with van der Waals surface area (Å²) in [5, 5.41) is 0. The summed E-state index contributed by atoms with van der Waals surface area (Å²) in [6.45, 7) is 4.69. The van der Waals surface area contributed by atoms with Crippen molar-refractivity contribution in [3.63, 3.8) is 0 Å². The topological polar surface area (TPSA) is 59.0 Å². The quantitative estimate of drug-likeness (QED) is 0.740. The second-order valence-corrected chi connectivity index (χ2v) is 9.63. The van der Waals surface area contributed by atoms with Gasteiger partial charge in [-0.3, -0.25) is 4.79 Å². The van der Waals surface area contributed by atoms with Gasteiger partial charge in [-0.05, 0) is 24.2 Å². The van der Waals surface area contributed by atoms with E-state index in [0.717, 1.165) is 19.8 Å². The predicted molar refractivity (Wildman–Crippen MR) is 90.1 cm³/mol. The third-order valence-electron chi connectivity index (χ3n) is 2.67. The molecule has 1 aliphatic heterocycles. The van der Waals surface area contributed by atoms with E-state index in [2.05, 4.69) is 4.99 Å². The smallest absolute Gasteiger partial charge is 0.435 e. The summed E-state index contributed by atoms with van der Waals surface area (Å²) in [7, 11) is 5.77. The van der Waals surface area contributed by atoms with Crippen LogP contribution < -0.4 is 14.3 Å². The molecule has 5 nitrogen and oxygen atoms in total. The molecule has 10 heteroatoms. The third kappa shape index (κ3) is 2.70. The van der Waals surface area contributed by atoms with Crippen molar-refractivity contribution in [3.05, 3.63) is 14.2 Å². The molecule has 0 saturated heterocycles. The van der Waals surface area contributed by atoms with Crippen LogP contribution in [0.1, 0.15) is 13.8 Å². The molecule has 1 amide bonds. The van der Waals surface area contributed by atoms with Crippen molar-refractivity contribution in [3.8, 4) is 0 Å². The molecule has 0 radical (unpaired) electrons. The third-order valence-corrected chi connectivity index (χ3v) is 9.14. The first kappa shape index (κ1) is 15.2. The van der Waals surface area contributed by atoms with Crippen molar-refractivity contribution in [2.75, 3.05) is 18.1 Å². The van der Waals surface area contributed by atoms with E-state index in [0.29, 0.717) is 17.8 Å². The number of anilines is 2. The van der Waals surface area contributed by atoms with E-state index in [-0.39, 0.29) is 4.74 Å². The van der Waals surface area contributed by atoms with Gasteiger partial charge in [0.2, 0.25) is 0 Å². The molecule has 0 unspecified atom stereocenters. The van der Waals surface area contributed by atoms with Crippen LogP contribution in [0.15, 0.2) is 18.2 Å². The van der Waals surface area contributed by atoms with Gasteiger partial charge in [0.1, 0.15) is 19.8 Å². The molecule has 0 aliphatic carbocycles. The second-order valence-electron chi connectivity index (χ2n) is 3.86. The zero-order valence-corrected chi connectivity index (χ0v) is 15.2. The maximum atomic E-state index is 12.1. The van der Waals surface area contributed by atoms with Crippen LogP contribution in [-0.4, -0.2) is 19.2 Å². The zero-order valence-electron chi connectivity index (χ0n) is 11.1. The maximum Gasteiger partial charge on any atom is 0.435 e. The Hall–Kier alpha value is -0.680. The van der Waals surface area contributed by atoms with Gasteiger partial charge in [0.05, 0.1) is 6.61 Å². The molecule has 1 aliphatic rings. The minimum Gasteiger partial charge on any atom is -0.448 e. The Kier molecular flexibility index (Phi) is 4.50. The van der Waals surface area contributed by atoms with Crippen molar-refractivity contribution in [2.45, 2.75) is 22.3 Å². The summed E-state index contributed by atoms with van der Waals surface area (Å²) in [5.41, 5.74) is 1.58. The molecule has 3 heterocycles. The number of amides is 1. The van der Waals surface area contributed by atoms with Gasteiger partial charge >= 0.3 is 6.09 Å². The Bertz CT molecular complexity index is 799. The van der Waals surface area contributed by atoms with Crippen LogP contribution in [0.5, 0.6) is 0 Å². The Labute approximate surface area is 139 Å². The minimum atomic E-state index is -0.586. The van der Waals surface area contributed by atoms with Gasteiger partial charge < -0.3 is 9.64 Å². The Morgan fingerprint density at radius 1 is 1.14 bits per heavy atom. The van der Waals surface area contributed by atoms with Gasteiger partial charge in [-0.2, -0.15) is 4.99 Å². The molecule has 112 valence electrons. The molecular formula is C11H10N2O3S5. The average molecular weight is 379 g/mol. The van der Waals surface area contributed by atoms with E-state index in [1.54, 1.807) is 29.0 Å². The van der Waals surface area contributed by atoms with E-state index in [1.807, 2.05) is 11.8 Å². The number of hydrogen-bond donors (Lipinski definition) is 0. The van der Waals surface area contributed by atoms with Crippen LogP contribution in [-0.2, 0) is 4.74 Å². The highest BCUT2D eigenvalue weighted by Crippen LogP contribution is 2.51. The Morgan fingerprint density at radius 3 is 2.57 bits per heavy atom. The van der Waals surface area contributed by atoms with Crippen molar-refractivity contribution in [1.82, 2.24) is 0 Å². The van der Waals surface area contributed by atoms with Crippen LogP contribution >= 0.6 is 53.1 Å². The van der Waals surface area contributed by atoms with E-state index in [1.165, 1.54) is 31.0 Å². The lowest BCUT2D eigenvalue weighted by molar-refractivity contribution is 0.162.